The molecule has 3 aliphatic rings. The van der Waals surface area contributed by atoms with Crippen LogP contribution in [-0.2, 0) is 4.79 Å². The van der Waals surface area contributed by atoms with Crippen molar-refractivity contribution in [1.82, 2.24) is 15.2 Å². The number of halogens is 1. The minimum atomic E-state index is 0.0963. The Hall–Kier alpha value is -1.79. The lowest BCUT2D eigenvalue weighted by Gasteiger charge is -2.32. The zero-order chi connectivity index (χ0) is 19.3. The average molecular weight is 403 g/mol. The Kier molecular flexibility index (Phi) is 4.51. The quantitative estimate of drug-likeness (QED) is 0.853. The van der Waals surface area contributed by atoms with Crippen LogP contribution in [0.5, 0.6) is 0 Å². The molecular weight excluding hydrogens is 376 g/mol. The maximum Gasteiger partial charge on any atom is 0.298 e. The van der Waals surface area contributed by atoms with Crippen LogP contribution in [0.3, 0.4) is 0 Å². The molecule has 5 rings (SSSR count). The van der Waals surface area contributed by atoms with Gasteiger partial charge in [-0.15, -0.1) is 0 Å². The number of fused-ring (bicyclic) bond motifs is 1. The Morgan fingerprint density at radius 2 is 2.00 bits per heavy atom. The van der Waals surface area contributed by atoms with Gasteiger partial charge in [-0.1, -0.05) is 11.6 Å². The molecule has 28 heavy (non-hydrogen) atoms. The van der Waals surface area contributed by atoms with Crippen molar-refractivity contribution >= 4 is 34.6 Å². The fourth-order valence-electron chi connectivity index (χ4n) is 4.81. The summed E-state index contributed by atoms with van der Waals surface area (Å²) in [4.78, 5) is 21.9. The van der Waals surface area contributed by atoms with Gasteiger partial charge in [0.15, 0.2) is 5.58 Å². The van der Waals surface area contributed by atoms with E-state index in [0.717, 1.165) is 51.0 Å². The van der Waals surface area contributed by atoms with Gasteiger partial charge >= 0.3 is 0 Å². The monoisotopic (exact) mass is 402 g/mol. The van der Waals surface area contributed by atoms with E-state index in [4.69, 9.17) is 16.0 Å². The van der Waals surface area contributed by atoms with E-state index in [0.29, 0.717) is 28.1 Å². The molecule has 1 amide bonds. The SMILES string of the molecule is CN1CCC2(CC1)CC2NC(=O)C1CCN(c2nc3ccc(Cl)cc3o2)CC1. The van der Waals surface area contributed by atoms with E-state index >= 15 is 0 Å². The smallest absolute Gasteiger partial charge is 0.298 e. The maximum absolute atomic E-state index is 12.8. The highest BCUT2D eigenvalue weighted by Crippen LogP contribution is 2.53. The normalized spacial score (nSPS) is 25.4. The molecule has 0 bridgehead atoms. The van der Waals surface area contributed by atoms with Crippen molar-refractivity contribution in [2.75, 3.05) is 38.1 Å². The van der Waals surface area contributed by atoms with Crippen molar-refractivity contribution < 1.29 is 9.21 Å². The number of piperidine rings is 2. The number of amides is 1. The first-order chi connectivity index (χ1) is 13.5. The molecule has 1 unspecified atom stereocenters. The number of anilines is 1. The van der Waals surface area contributed by atoms with E-state index in [2.05, 4.69) is 27.1 Å². The first-order valence-electron chi connectivity index (χ1n) is 10.3. The zero-order valence-corrected chi connectivity index (χ0v) is 17.0. The van der Waals surface area contributed by atoms with Gasteiger partial charge < -0.3 is 19.5 Å². The summed E-state index contributed by atoms with van der Waals surface area (Å²) >= 11 is 6.03. The Bertz CT molecular complexity index is 882. The summed E-state index contributed by atoms with van der Waals surface area (Å²) in [5.74, 6) is 0.337. The minimum absolute atomic E-state index is 0.0963. The highest BCUT2D eigenvalue weighted by molar-refractivity contribution is 6.31. The average Bonchev–Trinajstić information content (AvgIpc) is 3.17. The molecule has 150 valence electrons. The van der Waals surface area contributed by atoms with E-state index in [9.17, 15) is 4.79 Å². The first kappa shape index (κ1) is 18.3. The number of aromatic nitrogens is 1. The Morgan fingerprint density at radius 3 is 2.75 bits per heavy atom. The molecule has 2 saturated heterocycles. The van der Waals surface area contributed by atoms with Crippen LogP contribution in [0.2, 0.25) is 5.02 Å². The number of carbonyl (C=O) groups is 1. The van der Waals surface area contributed by atoms with Crippen LogP contribution in [0.4, 0.5) is 6.01 Å². The fourth-order valence-corrected chi connectivity index (χ4v) is 4.97. The van der Waals surface area contributed by atoms with Gasteiger partial charge in [-0.2, -0.15) is 4.98 Å². The lowest BCUT2D eigenvalue weighted by molar-refractivity contribution is -0.126. The molecule has 3 heterocycles. The van der Waals surface area contributed by atoms with Crippen LogP contribution in [-0.4, -0.2) is 55.1 Å². The first-order valence-corrected chi connectivity index (χ1v) is 10.7. The summed E-state index contributed by atoms with van der Waals surface area (Å²) in [5, 5.41) is 4.00. The fraction of sp³-hybridized carbons (Fsp3) is 0.619. The number of nitrogens with one attached hydrogen (secondary N) is 1. The second kappa shape index (κ2) is 6.92. The van der Waals surface area contributed by atoms with E-state index in [1.807, 2.05) is 12.1 Å². The van der Waals surface area contributed by atoms with Crippen LogP contribution >= 0.6 is 11.6 Å². The molecule has 1 aromatic heterocycles. The van der Waals surface area contributed by atoms with Gasteiger partial charge in [0.2, 0.25) is 5.91 Å². The second-order valence-electron chi connectivity index (χ2n) is 8.80. The molecule has 0 radical (unpaired) electrons. The Morgan fingerprint density at radius 1 is 1.25 bits per heavy atom. The minimum Gasteiger partial charge on any atom is -0.423 e. The lowest BCUT2D eigenvalue weighted by Crippen LogP contribution is -2.43. The maximum atomic E-state index is 12.8. The number of nitrogens with zero attached hydrogens (tertiary/aromatic N) is 3. The summed E-state index contributed by atoms with van der Waals surface area (Å²) in [5.41, 5.74) is 1.92. The van der Waals surface area contributed by atoms with Crippen molar-refractivity contribution in [3.63, 3.8) is 0 Å². The summed E-state index contributed by atoms with van der Waals surface area (Å²) in [6.45, 7) is 3.89. The molecule has 1 saturated carbocycles. The van der Waals surface area contributed by atoms with Gasteiger partial charge in [-0.3, -0.25) is 4.79 Å². The Labute approximate surface area is 170 Å². The van der Waals surface area contributed by atoms with E-state index in [1.165, 1.54) is 12.8 Å². The number of rotatable bonds is 3. The van der Waals surface area contributed by atoms with Crippen LogP contribution in [0.1, 0.15) is 32.1 Å². The van der Waals surface area contributed by atoms with Crippen molar-refractivity contribution in [3.8, 4) is 0 Å². The number of oxazole rings is 1. The van der Waals surface area contributed by atoms with Crippen LogP contribution in [0.25, 0.3) is 11.1 Å². The summed E-state index contributed by atoms with van der Waals surface area (Å²) in [6.07, 6.45) is 5.28. The lowest BCUT2D eigenvalue weighted by atomic mass is 9.92. The van der Waals surface area contributed by atoms with Crippen LogP contribution in [0.15, 0.2) is 22.6 Å². The molecule has 1 aromatic carbocycles. The van der Waals surface area contributed by atoms with E-state index in [1.54, 1.807) is 6.07 Å². The number of hydrogen-bond acceptors (Lipinski definition) is 5. The molecule has 2 aromatic rings. The third kappa shape index (κ3) is 3.37. The van der Waals surface area contributed by atoms with E-state index in [-0.39, 0.29) is 11.8 Å². The predicted molar refractivity (Wildman–Crippen MR) is 110 cm³/mol. The predicted octanol–water partition coefficient (Wildman–Crippen LogP) is 3.30. The van der Waals surface area contributed by atoms with Crippen LogP contribution in [0, 0.1) is 11.3 Å². The highest BCUT2D eigenvalue weighted by atomic mass is 35.5. The topological polar surface area (TPSA) is 61.6 Å². The van der Waals surface area contributed by atoms with Gasteiger partial charge in [0.25, 0.3) is 6.01 Å². The molecule has 6 nitrogen and oxygen atoms in total. The van der Waals surface area contributed by atoms with Gasteiger partial charge in [0.05, 0.1) is 0 Å². The van der Waals surface area contributed by atoms with Crippen molar-refractivity contribution in [2.45, 2.75) is 38.1 Å². The standard InChI is InChI=1S/C21H27ClN4O2/c1-25-10-6-21(7-11-25)13-18(21)24-19(27)14-4-8-26(9-5-14)20-23-16-3-2-15(22)12-17(16)28-20/h2-3,12,14,18H,4-11,13H2,1H3,(H,24,27). The summed E-state index contributed by atoms with van der Waals surface area (Å²) < 4.78 is 5.87. The van der Waals surface area contributed by atoms with E-state index < -0.39 is 0 Å². The van der Waals surface area contributed by atoms with Gasteiger partial charge in [0.1, 0.15) is 5.52 Å². The number of carbonyl (C=O) groups excluding carboxylic acids is 1. The Balaban J connectivity index is 1.15. The molecule has 1 aliphatic carbocycles. The van der Waals surface area contributed by atoms with Crippen molar-refractivity contribution in [3.05, 3.63) is 23.2 Å². The third-order valence-corrected chi connectivity index (χ3v) is 7.20. The van der Waals surface area contributed by atoms with Crippen molar-refractivity contribution in [2.24, 2.45) is 11.3 Å². The molecule has 1 atom stereocenters. The number of likely N-dealkylation sites (tertiary alicyclic amines) is 1. The zero-order valence-electron chi connectivity index (χ0n) is 16.3. The number of benzene rings is 1. The van der Waals surface area contributed by atoms with Crippen LogP contribution < -0.4 is 10.2 Å². The highest BCUT2D eigenvalue weighted by Gasteiger charge is 2.55. The largest absolute Gasteiger partial charge is 0.423 e. The molecule has 2 aliphatic heterocycles. The molecule has 3 fully saturated rings. The molecular formula is C21H27ClN4O2. The second-order valence-corrected chi connectivity index (χ2v) is 9.24. The van der Waals surface area contributed by atoms with Gasteiger partial charge in [0, 0.05) is 36.1 Å². The third-order valence-electron chi connectivity index (χ3n) is 6.96. The van der Waals surface area contributed by atoms with Gasteiger partial charge in [-0.25, -0.2) is 0 Å². The summed E-state index contributed by atoms with van der Waals surface area (Å²) in [6, 6.07) is 6.51. The molecule has 1 spiro atoms. The number of hydrogen-bond donors (Lipinski definition) is 1. The van der Waals surface area contributed by atoms with Crippen molar-refractivity contribution in [1.29, 1.82) is 0 Å². The molecule has 1 N–H and O–H groups in total. The van der Waals surface area contributed by atoms with Gasteiger partial charge in [-0.05, 0) is 69.8 Å². The molecule has 7 heteroatoms. The summed E-state index contributed by atoms with van der Waals surface area (Å²) in [7, 11) is 2.18.